The average Bonchev–Trinajstić information content (AvgIpc) is 2.48. The molecule has 0 aromatic heterocycles. The highest BCUT2D eigenvalue weighted by Gasteiger charge is 2.19. The van der Waals surface area contributed by atoms with E-state index in [1.165, 1.54) is 34.6 Å². The molecule has 3 rings (SSSR count). The molecule has 3 nitrogen and oxygen atoms in total. The topological polar surface area (TPSA) is 23.6 Å². The molecule has 1 aromatic rings. The van der Waals surface area contributed by atoms with E-state index in [1.54, 1.807) is 0 Å². The first-order chi connectivity index (χ1) is 9.72. The van der Waals surface area contributed by atoms with Gasteiger partial charge in [0.2, 0.25) is 5.91 Å². The molecular weight excluding hydrogens is 268 g/mol. The second-order valence-electron chi connectivity index (χ2n) is 5.75. The van der Waals surface area contributed by atoms with Crippen molar-refractivity contribution in [2.24, 2.45) is 0 Å². The average molecular weight is 290 g/mol. The van der Waals surface area contributed by atoms with E-state index in [2.05, 4.69) is 30.1 Å². The summed E-state index contributed by atoms with van der Waals surface area (Å²) in [4.78, 5) is 18.0. The van der Waals surface area contributed by atoms with Crippen LogP contribution in [-0.2, 0) is 17.6 Å². The van der Waals surface area contributed by atoms with Crippen molar-refractivity contribution >= 4 is 17.7 Å². The first-order valence-corrected chi connectivity index (χ1v) is 8.42. The van der Waals surface area contributed by atoms with Gasteiger partial charge in [0, 0.05) is 31.1 Å². The zero-order chi connectivity index (χ0) is 13.9. The van der Waals surface area contributed by atoms with Crippen LogP contribution in [0, 0.1) is 0 Å². The lowest BCUT2D eigenvalue weighted by Crippen LogP contribution is -2.47. The summed E-state index contributed by atoms with van der Waals surface area (Å²) in [5.74, 6) is 1.51. The number of carbonyl (C=O) groups excluding carboxylic acids is 1. The lowest BCUT2D eigenvalue weighted by molar-refractivity contribution is -0.132. The molecule has 0 atom stereocenters. The largest absolute Gasteiger partial charge is 0.340 e. The predicted octanol–water partition coefficient (Wildman–Crippen LogP) is 2.04. The summed E-state index contributed by atoms with van der Waals surface area (Å²) in [6, 6.07) is 6.58. The van der Waals surface area contributed by atoms with E-state index in [4.69, 9.17) is 0 Å². The van der Waals surface area contributed by atoms with E-state index < -0.39 is 0 Å². The number of fused-ring (bicyclic) bond motifs is 1. The maximum atomic E-state index is 12.3. The van der Waals surface area contributed by atoms with Crippen LogP contribution in [-0.4, -0.2) is 54.7 Å². The monoisotopic (exact) mass is 290 g/mol. The number of thioether (sulfide) groups is 1. The van der Waals surface area contributed by atoms with Gasteiger partial charge in [-0.3, -0.25) is 4.79 Å². The number of nitrogens with zero attached hydrogens (tertiary/aromatic N) is 2. The molecule has 0 bridgehead atoms. The van der Waals surface area contributed by atoms with Crippen molar-refractivity contribution in [3.63, 3.8) is 0 Å². The molecule has 0 aliphatic carbocycles. The van der Waals surface area contributed by atoms with E-state index in [0.29, 0.717) is 6.42 Å². The molecule has 0 N–H and O–H groups in total. The standard InChI is InChI=1S/C16H22N2OS/c1-17-6-8-18(9-7-17)16(19)12-13-4-5-15-14(11-13)3-2-10-20-15/h4-5,11H,2-3,6-10,12H2,1H3. The van der Waals surface area contributed by atoms with Crippen LogP contribution in [0.3, 0.4) is 0 Å². The SMILES string of the molecule is CN1CCN(C(=O)Cc2ccc3c(c2)CCCS3)CC1. The van der Waals surface area contributed by atoms with Crippen LogP contribution < -0.4 is 0 Å². The Balaban J connectivity index is 1.64. The molecule has 1 fully saturated rings. The van der Waals surface area contributed by atoms with Crippen molar-refractivity contribution < 1.29 is 4.79 Å². The third-order valence-electron chi connectivity index (χ3n) is 4.18. The molecule has 20 heavy (non-hydrogen) atoms. The quantitative estimate of drug-likeness (QED) is 0.833. The summed E-state index contributed by atoms with van der Waals surface area (Å²) in [6.07, 6.45) is 2.98. The fraction of sp³-hybridized carbons (Fsp3) is 0.562. The Morgan fingerprint density at radius 3 is 2.85 bits per heavy atom. The molecule has 1 amide bonds. The second kappa shape index (κ2) is 6.19. The highest BCUT2D eigenvalue weighted by molar-refractivity contribution is 7.99. The summed E-state index contributed by atoms with van der Waals surface area (Å²) >= 11 is 1.94. The molecule has 0 saturated carbocycles. The zero-order valence-electron chi connectivity index (χ0n) is 12.1. The molecule has 4 heteroatoms. The molecular formula is C16H22N2OS. The van der Waals surface area contributed by atoms with E-state index in [-0.39, 0.29) is 5.91 Å². The van der Waals surface area contributed by atoms with Crippen molar-refractivity contribution in [3.05, 3.63) is 29.3 Å². The van der Waals surface area contributed by atoms with E-state index in [1.807, 2.05) is 16.7 Å². The van der Waals surface area contributed by atoms with Gasteiger partial charge in [-0.25, -0.2) is 0 Å². The summed E-state index contributed by atoms with van der Waals surface area (Å²) < 4.78 is 0. The van der Waals surface area contributed by atoms with Crippen LogP contribution in [0.25, 0.3) is 0 Å². The lowest BCUT2D eigenvalue weighted by atomic mass is 10.0. The number of amides is 1. The number of aryl methyl sites for hydroxylation is 1. The van der Waals surface area contributed by atoms with E-state index in [0.717, 1.165) is 26.2 Å². The number of carbonyl (C=O) groups is 1. The Morgan fingerprint density at radius 2 is 2.05 bits per heavy atom. The summed E-state index contributed by atoms with van der Waals surface area (Å²) in [6.45, 7) is 3.73. The fourth-order valence-electron chi connectivity index (χ4n) is 2.87. The molecule has 1 saturated heterocycles. The number of rotatable bonds is 2. The van der Waals surface area contributed by atoms with Crippen molar-refractivity contribution in [2.45, 2.75) is 24.2 Å². The number of benzene rings is 1. The molecule has 0 spiro atoms. The number of hydrogen-bond acceptors (Lipinski definition) is 3. The van der Waals surface area contributed by atoms with Gasteiger partial charge in [-0.1, -0.05) is 12.1 Å². The van der Waals surface area contributed by atoms with Crippen LogP contribution in [0.4, 0.5) is 0 Å². The van der Waals surface area contributed by atoms with Crippen LogP contribution >= 0.6 is 11.8 Å². The minimum Gasteiger partial charge on any atom is -0.340 e. The van der Waals surface area contributed by atoms with Gasteiger partial charge in [0.1, 0.15) is 0 Å². The Labute approximate surface area is 125 Å². The number of likely N-dealkylation sites (N-methyl/N-ethyl adjacent to an activating group) is 1. The maximum absolute atomic E-state index is 12.3. The number of hydrogen-bond donors (Lipinski definition) is 0. The summed E-state index contributed by atoms with van der Waals surface area (Å²) in [5, 5.41) is 0. The second-order valence-corrected chi connectivity index (χ2v) is 6.89. The highest BCUT2D eigenvalue weighted by Crippen LogP contribution is 2.30. The minimum absolute atomic E-state index is 0.279. The van der Waals surface area contributed by atoms with Gasteiger partial charge in [0.15, 0.2) is 0 Å². The Morgan fingerprint density at radius 1 is 1.25 bits per heavy atom. The molecule has 2 heterocycles. The molecule has 1 aromatic carbocycles. The fourth-order valence-corrected chi connectivity index (χ4v) is 3.89. The first-order valence-electron chi connectivity index (χ1n) is 7.43. The van der Waals surface area contributed by atoms with Gasteiger partial charge in [-0.15, -0.1) is 11.8 Å². The third-order valence-corrected chi connectivity index (χ3v) is 5.39. The summed E-state index contributed by atoms with van der Waals surface area (Å²) in [5.41, 5.74) is 2.61. The van der Waals surface area contributed by atoms with Gasteiger partial charge >= 0.3 is 0 Å². The van der Waals surface area contributed by atoms with Crippen LogP contribution in [0.2, 0.25) is 0 Å². The third kappa shape index (κ3) is 3.18. The normalized spacial score (nSPS) is 19.8. The predicted molar refractivity (Wildman–Crippen MR) is 83.3 cm³/mol. The van der Waals surface area contributed by atoms with Gasteiger partial charge in [0.05, 0.1) is 6.42 Å². The van der Waals surface area contributed by atoms with Crippen molar-refractivity contribution in [1.82, 2.24) is 9.80 Å². The maximum Gasteiger partial charge on any atom is 0.227 e. The number of piperazine rings is 1. The van der Waals surface area contributed by atoms with Crippen LogP contribution in [0.15, 0.2) is 23.1 Å². The first kappa shape index (κ1) is 14.0. The molecule has 2 aliphatic rings. The molecule has 0 radical (unpaired) electrons. The van der Waals surface area contributed by atoms with Gasteiger partial charge in [-0.05, 0) is 42.8 Å². The van der Waals surface area contributed by atoms with Gasteiger partial charge in [0.25, 0.3) is 0 Å². The minimum atomic E-state index is 0.279. The zero-order valence-corrected chi connectivity index (χ0v) is 12.9. The Hall–Kier alpha value is -1.00. The van der Waals surface area contributed by atoms with Crippen molar-refractivity contribution in [2.75, 3.05) is 39.0 Å². The molecule has 2 aliphatic heterocycles. The van der Waals surface area contributed by atoms with Gasteiger partial charge in [-0.2, -0.15) is 0 Å². The van der Waals surface area contributed by atoms with Crippen molar-refractivity contribution in [3.8, 4) is 0 Å². The Kier molecular flexibility index (Phi) is 4.32. The van der Waals surface area contributed by atoms with Gasteiger partial charge < -0.3 is 9.80 Å². The summed E-state index contributed by atoms with van der Waals surface area (Å²) in [7, 11) is 2.11. The smallest absolute Gasteiger partial charge is 0.227 e. The van der Waals surface area contributed by atoms with E-state index >= 15 is 0 Å². The molecule has 108 valence electrons. The van der Waals surface area contributed by atoms with Crippen molar-refractivity contribution in [1.29, 1.82) is 0 Å². The van der Waals surface area contributed by atoms with Crippen LogP contribution in [0.1, 0.15) is 17.5 Å². The Bertz CT molecular complexity index is 495. The van der Waals surface area contributed by atoms with E-state index in [9.17, 15) is 4.79 Å². The van der Waals surface area contributed by atoms with Crippen LogP contribution in [0.5, 0.6) is 0 Å². The lowest BCUT2D eigenvalue weighted by Gasteiger charge is -2.32. The highest BCUT2D eigenvalue weighted by atomic mass is 32.2. The molecule has 0 unspecified atom stereocenters.